The maximum atomic E-state index is 6.55. The molecule has 0 amide bonds. The Bertz CT molecular complexity index is 946. The van der Waals surface area contributed by atoms with Crippen molar-refractivity contribution in [2.75, 3.05) is 53.7 Å². The summed E-state index contributed by atoms with van der Waals surface area (Å²) in [5.74, 6) is 1.11. The van der Waals surface area contributed by atoms with E-state index in [2.05, 4.69) is 33.0 Å². The van der Waals surface area contributed by atoms with Crippen molar-refractivity contribution in [3.63, 3.8) is 0 Å². The Balaban J connectivity index is 1.62. The van der Waals surface area contributed by atoms with Crippen LogP contribution >= 0.6 is 11.6 Å². The zero-order chi connectivity index (χ0) is 24.3. The normalized spacial score (nSPS) is 15.9. The molecule has 3 rings (SSSR count). The molecule has 11 heteroatoms. The first-order chi connectivity index (χ1) is 16.6. The highest BCUT2D eigenvalue weighted by atomic mass is 35.5. The molecule has 1 aromatic heterocycles. The second-order valence-electron chi connectivity index (χ2n) is 7.20. The molecule has 1 unspecified atom stereocenters. The van der Waals surface area contributed by atoms with E-state index in [9.17, 15) is 0 Å². The fraction of sp³-hybridized carbons (Fsp3) is 0.435. The molecule has 184 valence electrons. The molecule has 0 radical (unpaired) electrons. The fourth-order valence-corrected chi connectivity index (χ4v) is 3.56. The number of morpholine rings is 1. The zero-order valence-electron chi connectivity index (χ0n) is 19.4. The highest BCUT2D eigenvalue weighted by Crippen LogP contribution is 2.37. The van der Waals surface area contributed by atoms with Crippen molar-refractivity contribution in [3.05, 3.63) is 48.0 Å². The maximum absolute atomic E-state index is 6.55. The fourth-order valence-electron chi connectivity index (χ4n) is 3.27. The van der Waals surface area contributed by atoms with E-state index in [4.69, 9.17) is 40.0 Å². The lowest BCUT2D eigenvalue weighted by atomic mass is 10.1. The average molecular weight is 493 g/mol. The molecule has 1 saturated heterocycles. The Labute approximate surface area is 204 Å². The van der Waals surface area contributed by atoms with Crippen LogP contribution in [-0.2, 0) is 11.3 Å². The minimum atomic E-state index is -0.195. The second kappa shape index (κ2) is 13.0. The van der Waals surface area contributed by atoms with Gasteiger partial charge in [0.15, 0.2) is 11.5 Å². The predicted octanol–water partition coefficient (Wildman–Crippen LogP) is 2.95. The van der Waals surface area contributed by atoms with Gasteiger partial charge in [-0.1, -0.05) is 43.0 Å². The summed E-state index contributed by atoms with van der Waals surface area (Å²) >= 11 is 6.55. The number of halogens is 1. The van der Waals surface area contributed by atoms with Gasteiger partial charge in [0.1, 0.15) is 25.9 Å². The second-order valence-corrected chi connectivity index (χ2v) is 7.57. The number of ether oxygens (including phenoxy) is 6. The molecule has 1 atom stereocenters. The Morgan fingerprint density at radius 1 is 1.03 bits per heavy atom. The molecule has 0 N–H and O–H groups in total. The molecule has 0 aliphatic carbocycles. The first-order valence-electron chi connectivity index (χ1n) is 10.7. The number of methoxy groups -OCH3 is 2. The third kappa shape index (κ3) is 6.96. The molecule has 10 nitrogen and oxygen atoms in total. The van der Waals surface area contributed by atoms with Crippen LogP contribution in [0.15, 0.2) is 37.4 Å². The molecule has 1 aromatic carbocycles. The van der Waals surface area contributed by atoms with Crippen molar-refractivity contribution < 1.29 is 28.4 Å². The molecular formula is C23H29ClN4O6. The monoisotopic (exact) mass is 492 g/mol. The molecule has 1 fully saturated rings. The van der Waals surface area contributed by atoms with Crippen LogP contribution in [0, 0.1) is 0 Å². The van der Waals surface area contributed by atoms with Crippen LogP contribution < -0.4 is 23.7 Å². The highest BCUT2D eigenvalue weighted by molar-refractivity contribution is 6.33. The summed E-state index contributed by atoms with van der Waals surface area (Å²) in [6.07, 6.45) is 2.98. The van der Waals surface area contributed by atoms with E-state index >= 15 is 0 Å². The lowest BCUT2D eigenvalue weighted by Gasteiger charge is -2.32. The van der Waals surface area contributed by atoms with Gasteiger partial charge in [-0.2, -0.15) is 0 Å². The summed E-state index contributed by atoms with van der Waals surface area (Å²) in [5, 5.41) is 0.533. The van der Waals surface area contributed by atoms with Gasteiger partial charge in [0, 0.05) is 19.6 Å². The molecule has 2 heterocycles. The van der Waals surface area contributed by atoms with Gasteiger partial charge in [0.2, 0.25) is 0 Å². The largest absolute Gasteiger partial charge is 0.493 e. The summed E-state index contributed by atoms with van der Waals surface area (Å²) in [6.45, 7) is 10.5. The summed E-state index contributed by atoms with van der Waals surface area (Å²) in [7, 11) is 3.15. The Hall–Kier alpha value is -3.08. The number of aromatic nitrogens is 3. The van der Waals surface area contributed by atoms with E-state index in [1.807, 2.05) is 12.1 Å². The number of rotatable bonds is 13. The number of benzene rings is 1. The van der Waals surface area contributed by atoms with Gasteiger partial charge in [0.25, 0.3) is 0 Å². The van der Waals surface area contributed by atoms with Crippen LogP contribution in [-0.4, -0.2) is 79.7 Å². The quantitative estimate of drug-likeness (QED) is 0.388. The first kappa shape index (κ1) is 25.5. The lowest BCUT2D eigenvalue weighted by molar-refractivity contribution is -0.0518. The number of hydrogen-bond donors (Lipinski definition) is 0. The molecule has 34 heavy (non-hydrogen) atoms. The van der Waals surface area contributed by atoms with Crippen LogP contribution in [0.3, 0.4) is 0 Å². The van der Waals surface area contributed by atoms with Gasteiger partial charge >= 0.3 is 18.0 Å². The summed E-state index contributed by atoms with van der Waals surface area (Å²) in [6, 6.07) is 4.03. The molecule has 0 saturated carbocycles. The maximum Gasteiger partial charge on any atom is 0.326 e. The molecule has 1 aliphatic heterocycles. The van der Waals surface area contributed by atoms with Crippen molar-refractivity contribution in [1.29, 1.82) is 0 Å². The molecule has 1 aliphatic rings. The van der Waals surface area contributed by atoms with Crippen molar-refractivity contribution in [2.45, 2.75) is 12.6 Å². The zero-order valence-corrected chi connectivity index (χ0v) is 20.1. The molecule has 0 bridgehead atoms. The van der Waals surface area contributed by atoms with Crippen LogP contribution in [0.2, 0.25) is 5.02 Å². The first-order valence-corrected chi connectivity index (χ1v) is 11.0. The predicted molar refractivity (Wildman–Crippen MR) is 126 cm³/mol. The lowest BCUT2D eigenvalue weighted by Crippen LogP contribution is -2.44. The molecule has 0 spiro atoms. The van der Waals surface area contributed by atoms with Crippen molar-refractivity contribution in [1.82, 2.24) is 19.9 Å². The average Bonchev–Trinajstić information content (AvgIpc) is 2.86. The summed E-state index contributed by atoms with van der Waals surface area (Å²) < 4.78 is 33.2. The summed E-state index contributed by atoms with van der Waals surface area (Å²) in [5.41, 5.74) is 0.936. The van der Waals surface area contributed by atoms with Gasteiger partial charge in [-0.25, -0.2) is 0 Å². The van der Waals surface area contributed by atoms with Crippen LogP contribution in [0.1, 0.15) is 5.56 Å². The Morgan fingerprint density at radius 2 is 1.68 bits per heavy atom. The third-order valence-corrected chi connectivity index (χ3v) is 5.23. The number of hydrogen-bond acceptors (Lipinski definition) is 10. The van der Waals surface area contributed by atoms with E-state index in [-0.39, 0.29) is 44.0 Å². The number of nitrogens with zero attached hydrogens (tertiary/aromatic N) is 4. The summed E-state index contributed by atoms with van der Waals surface area (Å²) in [4.78, 5) is 14.6. The van der Waals surface area contributed by atoms with Crippen molar-refractivity contribution >= 4 is 11.6 Å². The van der Waals surface area contributed by atoms with E-state index < -0.39 is 0 Å². The Morgan fingerprint density at radius 3 is 2.26 bits per heavy atom. The van der Waals surface area contributed by atoms with Gasteiger partial charge in [-0.3, -0.25) is 4.90 Å². The minimum Gasteiger partial charge on any atom is -0.493 e. The minimum absolute atomic E-state index is 0.0804. The van der Waals surface area contributed by atoms with Crippen LogP contribution in [0.5, 0.6) is 29.5 Å². The van der Waals surface area contributed by atoms with E-state index in [0.717, 1.165) is 12.1 Å². The van der Waals surface area contributed by atoms with Crippen LogP contribution in [0.25, 0.3) is 0 Å². The van der Waals surface area contributed by atoms with Gasteiger partial charge in [0.05, 0.1) is 25.8 Å². The Kier molecular flexibility index (Phi) is 9.75. The standard InChI is InChI=1S/C23H29ClN4O6/c1-5-10-32-21-25-22(33-11-6-2)27-23(26-21)34-15-17-14-28(9-12-31-17)13-16-7-8-18(29-3)20(30-4)19(16)24/h5-8,17H,1-2,9-15H2,3-4H3. The third-order valence-electron chi connectivity index (χ3n) is 4.81. The topological polar surface area (TPSA) is 97.3 Å². The highest BCUT2D eigenvalue weighted by Gasteiger charge is 2.24. The van der Waals surface area contributed by atoms with Gasteiger partial charge < -0.3 is 28.4 Å². The van der Waals surface area contributed by atoms with E-state index in [1.165, 1.54) is 0 Å². The van der Waals surface area contributed by atoms with Crippen molar-refractivity contribution in [2.24, 2.45) is 0 Å². The van der Waals surface area contributed by atoms with Gasteiger partial charge in [-0.05, 0) is 11.6 Å². The van der Waals surface area contributed by atoms with E-state index in [1.54, 1.807) is 26.4 Å². The van der Waals surface area contributed by atoms with Crippen molar-refractivity contribution in [3.8, 4) is 29.5 Å². The smallest absolute Gasteiger partial charge is 0.326 e. The SMILES string of the molecule is C=CCOc1nc(OCC=C)nc(OCC2CN(Cc3ccc(OC)c(OC)c3Cl)CCO2)n1. The van der Waals surface area contributed by atoms with Crippen LogP contribution in [0.4, 0.5) is 0 Å². The molecule has 2 aromatic rings. The molecular weight excluding hydrogens is 464 g/mol. The van der Waals surface area contributed by atoms with Gasteiger partial charge in [-0.15, -0.1) is 15.0 Å². The van der Waals surface area contributed by atoms with E-state index in [0.29, 0.717) is 36.2 Å².